The van der Waals surface area contributed by atoms with Crippen LogP contribution < -0.4 is 0 Å². The Morgan fingerprint density at radius 3 is 1.73 bits per heavy atom. The second kappa shape index (κ2) is 4.80. The predicted molar refractivity (Wildman–Crippen MR) is 67.3 cm³/mol. The normalized spacial score (nSPS) is 16.9. The van der Waals surface area contributed by atoms with Gasteiger partial charge in [-0.3, -0.25) is 0 Å². The third-order valence-corrected chi connectivity index (χ3v) is 3.34. The van der Waals surface area contributed by atoms with Gasteiger partial charge < -0.3 is 4.90 Å². The summed E-state index contributed by atoms with van der Waals surface area (Å²) in [7, 11) is 4.34. The van der Waals surface area contributed by atoms with E-state index < -0.39 is 0 Å². The largest absolute Gasteiger partial charge is 0.303 e. The number of hydrogen-bond donors (Lipinski definition) is 0. The summed E-state index contributed by atoms with van der Waals surface area (Å²) in [6, 6.07) is 8.79. The second-order valence-electron chi connectivity index (χ2n) is 4.51. The van der Waals surface area contributed by atoms with Gasteiger partial charge in [0, 0.05) is 5.54 Å². The Morgan fingerprint density at radius 1 is 1.00 bits per heavy atom. The third kappa shape index (κ3) is 2.40. The minimum absolute atomic E-state index is 0.337. The maximum absolute atomic E-state index is 2.34. The first kappa shape index (κ1) is 12.3. The van der Waals surface area contributed by atoms with Gasteiger partial charge in [0.25, 0.3) is 0 Å². The molecule has 0 radical (unpaired) electrons. The fourth-order valence-electron chi connectivity index (χ4n) is 2.10. The fourth-order valence-corrected chi connectivity index (χ4v) is 2.10. The average molecular weight is 205 g/mol. The van der Waals surface area contributed by atoms with Gasteiger partial charge in [-0.25, -0.2) is 0 Å². The van der Waals surface area contributed by atoms with Gasteiger partial charge in [0.05, 0.1) is 0 Å². The molecule has 1 aromatic carbocycles. The SMILES string of the molecule is CC.CN(C)C1(C)Cc2ccccc2C1. The summed E-state index contributed by atoms with van der Waals surface area (Å²) in [5.74, 6) is 0. The Labute approximate surface area is 94.1 Å². The van der Waals surface area contributed by atoms with Crippen LogP contribution in [-0.4, -0.2) is 24.5 Å². The number of fused-ring (bicyclic) bond motifs is 1. The van der Waals surface area contributed by atoms with E-state index in [4.69, 9.17) is 0 Å². The Bertz CT molecular complexity index is 290. The molecule has 15 heavy (non-hydrogen) atoms. The molecule has 1 aromatic rings. The molecule has 0 saturated heterocycles. The Morgan fingerprint density at radius 2 is 1.40 bits per heavy atom. The van der Waals surface area contributed by atoms with Crippen LogP contribution in [0.5, 0.6) is 0 Å². The molecule has 0 spiro atoms. The summed E-state index contributed by atoms with van der Waals surface area (Å²) in [5.41, 5.74) is 3.39. The van der Waals surface area contributed by atoms with Crippen LogP contribution in [-0.2, 0) is 12.8 Å². The van der Waals surface area contributed by atoms with Crippen molar-refractivity contribution >= 4 is 0 Å². The van der Waals surface area contributed by atoms with Gasteiger partial charge in [-0.05, 0) is 45.0 Å². The van der Waals surface area contributed by atoms with Crippen LogP contribution in [0.2, 0.25) is 0 Å². The molecule has 0 fully saturated rings. The van der Waals surface area contributed by atoms with E-state index in [2.05, 4.69) is 50.2 Å². The van der Waals surface area contributed by atoms with Crippen LogP contribution in [0.15, 0.2) is 24.3 Å². The summed E-state index contributed by atoms with van der Waals surface area (Å²) in [6.45, 7) is 6.34. The lowest BCUT2D eigenvalue weighted by Crippen LogP contribution is -2.41. The van der Waals surface area contributed by atoms with Crippen molar-refractivity contribution in [3.63, 3.8) is 0 Å². The number of rotatable bonds is 1. The standard InChI is InChI=1S/C12H17N.C2H6/c1-12(13(2)3)8-10-6-4-5-7-11(10)9-12;1-2/h4-7H,8-9H2,1-3H3;1-2H3. The van der Waals surface area contributed by atoms with Crippen molar-refractivity contribution in [3.05, 3.63) is 35.4 Å². The maximum Gasteiger partial charge on any atom is 0.0256 e. The molecule has 0 aromatic heterocycles. The van der Waals surface area contributed by atoms with Gasteiger partial charge in [0.1, 0.15) is 0 Å². The summed E-state index contributed by atoms with van der Waals surface area (Å²) < 4.78 is 0. The van der Waals surface area contributed by atoms with Crippen molar-refractivity contribution in [1.29, 1.82) is 0 Å². The van der Waals surface area contributed by atoms with Crippen molar-refractivity contribution in [2.45, 2.75) is 39.2 Å². The molecule has 0 N–H and O–H groups in total. The van der Waals surface area contributed by atoms with Crippen LogP contribution in [0.25, 0.3) is 0 Å². The number of likely N-dealkylation sites (N-methyl/N-ethyl adjacent to an activating group) is 1. The first-order valence-corrected chi connectivity index (χ1v) is 5.86. The molecule has 1 nitrogen and oxygen atoms in total. The lowest BCUT2D eigenvalue weighted by Gasteiger charge is -2.32. The quantitative estimate of drug-likeness (QED) is 0.681. The highest BCUT2D eigenvalue weighted by Gasteiger charge is 2.34. The molecule has 0 unspecified atom stereocenters. The number of hydrogen-bond acceptors (Lipinski definition) is 1. The number of nitrogens with zero attached hydrogens (tertiary/aromatic N) is 1. The Hall–Kier alpha value is -0.820. The zero-order valence-corrected chi connectivity index (χ0v) is 10.7. The highest BCUT2D eigenvalue weighted by atomic mass is 15.1. The first-order chi connectivity index (χ1) is 7.12. The summed E-state index contributed by atoms with van der Waals surface area (Å²) >= 11 is 0. The van der Waals surface area contributed by atoms with E-state index in [1.54, 1.807) is 0 Å². The molecule has 84 valence electrons. The monoisotopic (exact) mass is 205 g/mol. The minimum atomic E-state index is 0.337. The summed E-state index contributed by atoms with van der Waals surface area (Å²) in [6.07, 6.45) is 2.38. The fraction of sp³-hybridized carbons (Fsp3) is 0.571. The molecular formula is C14H23N. The molecule has 0 amide bonds. The van der Waals surface area contributed by atoms with Gasteiger partial charge >= 0.3 is 0 Å². The molecule has 0 atom stereocenters. The van der Waals surface area contributed by atoms with E-state index in [1.807, 2.05) is 13.8 Å². The topological polar surface area (TPSA) is 3.24 Å². The molecule has 1 aliphatic carbocycles. The molecule has 0 aliphatic heterocycles. The molecule has 1 heteroatoms. The van der Waals surface area contributed by atoms with Crippen LogP contribution in [0, 0.1) is 0 Å². The lowest BCUT2D eigenvalue weighted by atomic mass is 9.97. The van der Waals surface area contributed by atoms with Crippen molar-refractivity contribution < 1.29 is 0 Å². The van der Waals surface area contributed by atoms with E-state index in [9.17, 15) is 0 Å². The van der Waals surface area contributed by atoms with Crippen LogP contribution in [0.4, 0.5) is 0 Å². The van der Waals surface area contributed by atoms with Crippen molar-refractivity contribution in [2.75, 3.05) is 14.1 Å². The zero-order chi connectivity index (χ0) is 11.5. The predicted octanol–water partition coefficient (Wildman–Crippen LogP) is 3.13. The van der Waals surface area contributed by atoms with Gasteiger partial charge in [0.2, 0.25) is 0 Å². The highest BCUT2D eigenvalue weighted by molar-refractivity contribution is 5.35. The average Bonchev–Trinajstić information content (AvgIpc) is 2.58. The van der Waals surface area contributed by atoms with Crippen LogP contribution >= 0.6 is 0 Å². The lowest BCUT2D eigenvalue weighted by molar-refractivity contribution is 0.185. The van der Waals surface area contributed by atoms with E-state index in [0.717, 1.165) is 0 Å². The van der Waals surface area contributed by atoms with Crippen molar-refractivity contribution in [3.8, 4) is 0 Å². The van der Waals surface area contributed by atoms with Gasteiger partial charge in [-0.1, -0.05) is 38.1 Å². The van der Waals surface area contributed by atoms with Crippen molar-refractivity contribution in [1.82, 2.24) is 4.90 Å². The summed E-state index contributed by atoms with van der Waals surface area (Å²) in [5, 5.41) is 0. The Balaban J connectivity index is 0.000000531. The van der Waals surface area contributed by atoms with Gasteiger partial charge in [0.15, 0.2) is 0 Å². The van der Waals surface area contributed by atoms with E-state index >= 15 is 0 Å². The van der Waals surface area contributed by atoms with Crippen LogP contribution in [0.3, 0.4) is 0 Å². The molecule has 0 saturated carbocycles. The van der Waals surface area contributed by atoms with E-state index in [0.29, 0.717) is 5.54 Å². The first-order valence-electron chi connectivity index (χ1n) is 5.86. The van der Waals surface area contributed by atoms with Crippen molar-refractivity contribution in [2.24, 2.45) is 0 Å². The third-order valence-electron chi connectivity index (χ3n) is 3.34. The molecule has 0 heterocycles. The minimum Gasteiger partial charge on any atom is -0.303 e. The molecule has 2 rings (SSSR count). The van der Waals surface area contributed by atoms with E-state index in [-0.39, 0.29) is 0 Å². The Kier molecular flexibility index (Phi) is 3.92. The smallest absolute Gasteiger partial charge is 0.0256 e. The molecule has 1 aliphatic rings. The molecule has 0 bridgehead atoms. The maximum atomic E-state index is 2.34. The molecular weight excluding hydrogens is 182 g/mol. The van der Waals surface area contributed by atoms with E-state index in [1.165, 1.54) is 24.0 Å². The summed E-state index contributed by atoms with van der Waals surface area (Å²) in [4.78, 5) is 2.34. The zero-order valence-electron chi connectivity index (χ0n) is 10.7. The highest BCUT2D eigenvalue weighted by Crippen LogP contribution is 2.32. The van der Waals surface area contributed by atoms with Gasteiger partial charge in [-0.2, -0.15) is 0 Å². The number of benzene rings is 1. The van der Waals surface area contributed by atoms with Crippen LogP contribution in [0.1, 0.15) is 31.9 Å². The second-order valence-corrected chi connectivity index (χ2v) is 4.51. The van der Waals surface area contributed by atoms with Gasteiger partial charge in [-0.15, -0.1) is 0 Å².